The second-order valence-corrected chi connectivity index (χ2v) is 3.84. The van der Waals surface area contributed by atoms with Gasteiger partial charge in [0.05, 0.1) is 6.61 Å². The maximum absolute atomic E-state index is 11.5. The highest BCUT2D eigenvalue weighted by molar-refractivity contribution is 5.98. The molecular weight excluding hydrogens is 196 g/mol. The van der Waals surface area contributed by atoms with Gasteiger partial charge in [0.25, 0.3) is 0 Å². The van der Waals surface area contributed by atoms with Gasteiger partial charge in [-0.15, -0.1) is 0 Å². The number of hydrogen-bond acceptors (Lipinski definition) is 4. The van der Waals surface area contributed by atoms with Crippen molar-refractivity contribution in [2.75, 3.05) is 6.61 Å². The van der Waals surface area contributed by atoms with E-state index in [-0.39, 0.29) is 29.6 Å². The van der Waals surface area contributed by atoms with Crippen molar-refractivity contribution in [2.45, 2.75) is 27.2 Å². The summed E-state index contributed by atoms with van der Waals surface area (Å²) >= 11 is 0. The molecule has 0 aromatic carbocycles. The maximum atomic E-state index is 11.5. The van der Waals surface area contributed by atoms with Crippen LogP contribution < -0.4 is 0 Å². The standard InChI is InChI=1S/C11H16O4/c1-4-15-11(14)9-6(2)5-8(12)7(3)10(9)13/h6,9,13H,4-5H2,1-3H3. The molecule has 0 saturated heterocycles. The SMILES string of the molecule is CCOC(=O)C1C(O)=C(C)C(=O)CC1C. The number of carbonyl (C=O) groups excluding carboxylic acids is 2. The molecule has 0 heterocycles. The van der Waals surface area contributed by atoms with E-state index in [2.05, 4.69) is 0 Å². The Balaban J connectivity index is 2.97. The van der Waals surface area contributed by atoms with E-state index in [0.717, 1.165) is 0 Å². The van der Waals surface area contributed by atoms with E-state index >= 15 is 0 Å². The van der Waals surface area contributed by atoms with Crippen molar-refractivity contribution >= 4 is 11.8 Å². The Kier molecular flexibility index (Phi) is 3.50. The fourth-order valence-corrected chi connectivity index (χ4v) is 1.78. The van der Waals surface area contributed by atoms with Crippen molar-refractivity contribution in [1.82, 2.24) is 0 Å². The summed E-state index contributed by atoms with van der Waals surface area (Å²) in [7, 11) is 0. The van der Waals surface area contributed by atoms with Gasteiger partial charge in [0.15, 0.2) is 5.78 Å². The van der Waals surface area contributed by atoms with Gasteiger partial charge in [-0.2, -0.15) is 0 Å². The lowest BCUT2D eigenvalue weighted by atomic mass is 9.80. The third-order valence-corrected chi connectivity index (χ3v) is 2.71. The number of carbonyl (C=O) groups is 2. The fourth-order valence-electron chi connectivity index (χ4n) is 1.78. The Morgan fingerprint density at radius 2 is 2.20 bits per heavy atom. The van der Waals surface area contributed by atoms with E-state index < -0.39 is 11.9 Å². The molecule has 1 aliphatic rings. The summed E-state index contributed by atoms with van der Waals surface area (Å²) in [6.07, 6.45) is 0.291. The second-order valence-electron chi connectivity index (χ2n) is 3.84. The molecule has 0 aliphatic heterocycles. The molecular formula is C11H16O4. The predicted molar refractivity (Wildman–Crippen MR) is 54.2 cm³/mol. The first-order valence-electron chi connectivity index (χ1n) is 5.08. The number of allylic oxidation sites excluding steroid dienone is 1. The van der Waals surface area contributed by atoms with Gasteiger partial charge in [-0.25, -0.2) is 0 Å². The van der Waals surface area contributed by atoms with E-state index in [1.807, 2.05) is 0 Å². The first-order valence-corrected chi connectivity index (χ1v) is 5.08. The Hall–Kier alpha value is -1.32. The summed E-state index contributed by atoms with van der Waals surface area (Å²) in [5.41, 5.74) is 0.283. The predicted octanol–water partition coefficient (Wildman–Crippen LogP) is 1.61. The van der Waals surface area contributed by atoms with E-state index in [1.165, 1.54) is 6.92 Å². The monoisotopic (exact) mass is 212 g/mol. The van der Waals surface area contributed by atoms with E-state index in [0.29, 0.717) is 6.42 Å². The molecule has 4 nitrogen and oxygen atoms in total. The number of hydrogen-bond donors (Lipinski definition) is 1. The first kappa shape index (κ1) is 11.8. The van der Waals surface area contributed by atoms with Crippen LogP contribution in [0.2, 0.25) is 0 Å². The van der Waals surface area contributed by atoms with Gasteiger partial charge in [0, 0.05) is 12.0 Å². The maximum Gasteiger partial charge on any atom is 0.316 e. The number of esters is 1. The first-order chi connectivity index (χ1) is 6.99. The Morgan fingerprint density at radius 3 is 2.73 bits per heavy atom. The zero-order chi connectivity index (χ0) is 11.6. The minimum absolute atomic E-state index is 0.0967. The molecule has 0 fully saturated rings. The highest BCUT2D eigenvalue weighted by Crippen LogP contribution is 2.31. The largest absolute Gasteiger partial charge is 0.511 e. The summed E-state index contributed by atoms with van der Waals surface area (Å²) < 4.78 is 4.86. The van der Waals surface area contributed by atoms with Crippen molar-refractivity contribution in [2.24, 2.45) is 11.8 Å². The number of aliphatic hydroxyl groups is 1. The molecule has 84 valence electrons. The topological polar surface area (TPSA) is 63.6 Å². The molecule has 4 heteroatoms. The van der Waals surface area contributed by atoms with Crippen LogP contribution in [-0.4, -0.2) is 23.5 Å². The molecule has 1 N–H and O–H groups in total. The van der Waals surface area contributed by atoms with Crippen molar-refractivity contribution in [3.63, 3.8) is 0 Å². The van der Waals surface area contributed by atoms with Gasteiger partial charge in [0.1, 0.15) is 11.7 Å². The van der Waals surface area contributed by atoms with Crippen LogP contribution >= 0.6 is 0 Å². The number of aliphatic hydroxyl groups excluding tert-OH is 1. The van der Waals surface area contributed by atoms with Crippen LogP contribution in [-0.2, 0) is 14.3 Å². The van der Waals surface area contributed by atoms with Crippen LogP contribution in [0.3, 0.4) is 0 Å². The molecule has 0 radical (unpaired) electrons. The van der Waals surface area contributed by atoms with Crippen molar-refractivity contribution < 1.29 is 19.4 Å². The quantitative estimate of drug-likeness (QED) is 0.706. The number of rotatable bonds is 2. The van der Waals surface area contributed by atoms with E-state index in [4.69, 9.17) is 4.74 Å². The molecule has 0 spiro atoms. The van der Waals surface area contributed by atoms with Gasteiger partial charge >= 0.3 is 5.97 Å². The average molecular weight is 212 g/mol. The highest BCUT2D eigenvalue weighted by atomic mass is 16.5. The second kappa shape index (κ2) is 4.47. The fraction of sp³-hybridized carbons (Fsp3) is 0.636. The summed E-state index contributed by atoms with van der Waals surface area (Å²) in [6, 6.07) is 0. The van der Waals surface area contributed by atoms with Crippen molar-refractivity contribution in [3.8, 4) is 0 Å². The van der Waals surface area contributed by atoms with E-state index in [9.17, 15) is 14.7 Å². The van der Waals surface area contributed by atoms with Crippen LogP contribution in [0, 0.1) is 11.8 Å². The third-order valence-electron chi connectivity index (χ3n) is 2.71. The van der Waals surface area contributed by atoms with Crippen molar-refractivity contribution in [1.29, 1.82) is 0 Å². The van der Waals surface area contributed by atoms with Gasteiger partial charge in [-0.3, -0.25) is 9.59 Å². The molecule has 2 atom stereocenters. The van der Waals surface area contributed by atoms with Crippen molar-refractivity contribution in [3.05, 3.63) is 11.3 Å². The van der Waals surface area contributed by atoms with Crippen LogP contribution in [0.5, 0.6) is 0 Å². The smallest absolute Gasteiger partial charge is 0.316 e. The van der Waals surface area contributed by atoms with Crippen LogP contribution in [0.1, 0.15) is 27.2 Å². The summed E-state index contributed by atoms with van der Waals surface area (Å²) in [4.78, 5) is 22.9. The highest BCUT2D eigenvalue weighted by Gasteiger charge is 2.37. The summed E-state index contributed by atoms with van der Waals surface area (Å²) in [5.74, 6) is -1.55. The summed E-state index contributed by atoms with van der Waals surface area (Å²) in [5, 5.41) is 9.73. The Bertz CT molecular complexity index is 317. The minimum atomic E-state index is -0.678. The molecule has 15 heavy (non-hydrogen) atoms. The normalized spacial score (nSPS) is 26.7. The number of Topliss-reactive ketones (excluding diaryl/α,β-unsaturated/α-hetero) is 1. The Morgan fingerprint density at radius 1 is 1.60 bits per heavy atom. The lowest BCUT2D eigenvalue weighted by Crippen LogP contribution is -2.33. The molecule has 0 saturated carbocycles. The summed E-state index contributed by atoms with van der Waals surface area (Å²) in [6.45, 7) is 5.30. The Labute approximate surface area is 88.9 Å². The third kappa shape index (κ3) is 2.19. The van der Waals surface area contributed by atoms with Gasteiger partial charge in [0.2, 0.25) is 0 Å². The zero-order valence-electron chi connectivity index (χ0n) is 9.24. The minimum Gasteiger partial charge on any atom is -0.511 e. The van der Waals surface area contributed by atoms with Crippen LogP contribution in [0.4, 0.5) is 0 Å². The van der Waals surface area contributed by atoms with Gasteiger partial charge < -0.3 is 9.84 Å². The number of ketones is 1. The number of ether oxygens (including phenoxy) is 1. The van der Waals surface area contributed by atoms with Crippen LogP contribution in [0.15, 0.2) is 11.3 Å². The van der Waals surface area contributed by atoms with Crippen LogP contribution in [0.25, 0.3) is 0 Å². The van der Waals surface area contributed by atoms with Gasteiger partial charge in [-0.05, 0) is 19.8 Å². The molecule has 0 amide bonds. The lowest BCUT2D eigenvalue weighted by molar-refractivity contribution is -0.150. The zero-order valence-corrected chi connectivity index (χ0v) is 9.24. The molecule has 0 aromatic heterocycles. The van der Waals surface area contributed by atoms with Gasteiger partial charge in [-0.1, -0.05) is 6.92 Å². The molecule has 2 unspecified atom stereocenters. The average Bonchev–Trinajstić information content (AvgIpc) is 2.15. The molecule has 0 aromatic rings. The molecule has 1 rings (SSSR count). The molecule has 1 aliphatic carbocycles. The lowest BCUT2D eigenvalue weighted by Gasteiger charge is -2.26. The van der Waals surface area contributed by atoms with E-state index in [1.54, 1.807) is 13.8 Å². The molecule has 0 bridgehead atoms.